The lowest BCUT2D eigenvalue weighted by atomic mass is 10.2. The van der Waals surface area contributed by atoms with Crippen molar-refractivity contribution in [2.75, 3.05) is 13.7 Å². The van der Waals surface area contributed by atoms with Crippen LogP contribution in [0.2, 0.25) is 5.02 Å². The van der Waals surface area contributed by atoms with Gasteiger partial charge in [-0.3, -0.25) is 4.79 Å². The van der Waals surface area contributed by atoms with Crippen molar-refractivity contribution in [1.29, 1.82) is 0 Å². The fourth-order valence-corrected chi connectivity index (χ4v) is 2.66. The predicted molar refractivity (Wildman–Crippen MR) is 88.6 cm³/mol. The molecule has 0 saturated heterocycles. The fraction of sp³-hybridized carbons (Fsp3) is 0.200. The van der Waals surface area contributed by atoms with Crippen molar-refractivity contribution < 1.29 is 14.3 Å². The van der Waals surface area contributed by atoms with Crippen molar-refractivity contribution in [2.24, 2.45) is 5.10 Å². The number of rotatable bonds is 6. The van der Waals surface area contributed by atoms with Gasteiger partial charge in [0, 0.05) is 0 Å². The number of ether oxygens (including phenoxy) is 2. The van der Waals surface area contributed by atoms with Gasteiger partial charge in [-0.25, -0.2) is 5.43 Å². The first-order valence-corrected chi connectivity index (χ1v) is 7.78. The van der Waals surface area contributed by atoms with E-state index in [1.165, 1.54) is 24.7 Å². The van der Waals surface area contributed by atoms with Crippen molar-refractivity contribution in [3.05, 3.63) is 45.1 Å². The van der Waals surface area contributed by atoms with Gasteiger partial charge in [-0.2, -0.15) is 5.10 Å². The van der Waals surface area contributed by atoms with Gasteiger partial charge in [-0.15, -0.1) is 11.3 Å². The molecule has 116 valence electrons. The Labute approximate surface area is 137 Å². The summed E-state index contributed by atoms with van der Waals surface area (Å²) in [7, 11) is 1.53. The topological polar surface area (TPSA) is 59.9 Å². The van der Waals surface area contributed by atoms with E-state index in [1.54, 1.807) is 24.3 Å². The highest BCUT2D eigenvalue weighted by atomic mass is 35.5. The van der Waals surface area contributed by atoms with Crippen LogP contribution in [0.3, 0.4) is 0 Å². The zero-order chi connectivity index (χ0) is 15.9. The van der Waals surface area contributed by atoms with E-state index in [9.17, 15) is 4.79 Å². The van der Waals surface area contributed by atoms with Crippen molar-refractivity contribution in [3.63, 3.8) is 0 Å². The number of carbonyl (C=O) groups is 1. The van der Waals surface area contributed by atoms with Gasteiger partial charge in [0.15, 0.2) is 11.5 Å². The second-order valence-corrected chi connectivity index (χ2v) is 5.50. The second-order valence-electron chi connectivity index (χ2n) is 4.14. The van der Waals surface area contributed by atoms with E-state index in [-0.39, 0.29) is 5.91 Å². The van der Waals surface area contributed by atoms with Crippen LogP contribution in [0, 0.1) is 0 Å². The van der Waals surface area contributed by atoms with Crippen LogP contribution >= 0.6 is 22.9 Å². The third-order valence-corrected chi connectivity index (χ3v) is 3.81. The van der Waals surface area contributed by atoms with Crippen molar-refractivity contribution in [2.45, 2.75) is 6.92 Å². The van der Waals surface area contributed by atoms with Gasteiger partial charge in [-0.1, -0.05) is 17.7 Å². The number of methoxy groups -OCH3 is 1. The van der Waals surface area contributed by atoms with Crippen molar-refractivity contribution >= 4 is 35.1 Å². The second kappa shape index (κ2) is 7.82. The standard InChI is InChI=1S/C15H15ClN2O3S/c1-3-21-12-8-10(7-11(16)14(12)20-2)9-17-18-15(19)13-5-4-6-22-13/h4-9H,3H2,1-2H3,(H,18,19)/b17-9+. The summed E-state index contributed by atoms with van der Waals surface area (Å²) in [4.78, 5) is 12.3. The summed E-state index contributed by atoms with van der Waals surface area (Å²) in [6.07, 6.45) is 1.50. The number of nitrogens with zero attached hydrogens (tertiary/aromatic N) is 1. The lowest BCUT2D eigenvalue weighted by Crippen LogP contribution is -2.16. The molecule has 1 N–H and O–H groups in total. The number of hydrazone groups is 1. The molecule has 0 saturated carbocycles. The highest BCUT2D eigenvalue weighted by Crippen LogP contribution is 2.35. The van der Waals surface area contributed by atoms with Gasteiger partial charge < -0.3 is 9.47 Å². The zero-order valence-electron chi connectivity index (χ0n) is 12.1. The normalized spacial score (nSPS) is 10.7. The summed E-state index contributed by atoms with van der Waals surface area (Å²) < 4.78 is 10.7. The molecule has 0 fully saturated rings. The molecule has 0 unspecified atom stereocenters. The van der Waals surface area contributed by atoms with E-state index in [1.807, 2.05) is 12.3 Å². The van der Waals surface area contributed by atoms with E-state index in [2.05, 4.69) is 10.5 Å². The first-order chi connectivity index (χ1) is 10.7. The van der Waals surface area contributed by atoms with Gasteiger partial charge in [0.2, 0.25) is 0 Å². The molecule has 0 bridgehead atoms. The molecule has 1 aromatic heterocycles. The molecule has 1 amide bonds. The Morgan fingerprint density at radius 1 is 1.50 bits per heavy atom. The number of amides is 1. The molecule has 1 heterocycles. The largest absolute Gasteiger partial charge is 0.491 e. The van der Waals surface area contributed by atoms with E-state index < -0.39 is 0 Å². The fourth-order valence-electron chi connectivity index (χ4n) is 1.75. The maximum absolute atomic E-state index is 11.7. The van der Waals surface area contributed by atoms with Crippen LogP contribution in [0.5, 0.6) is 11.5 Å². The Morgan fingerprint density at radius 3 is 2.95 bits per heavy atom. The highest BCUT2D eigenvalue weighted by molar-refractivity contribution is 7.12. The van der Waals surface area contributed by atoms with Crippen LogP contribution < -0.4 is 14.9 Å². The molecular weight excluding hydrogens is 324 g/mol. The molecule has 0 aliphatic heterocycles. The van der Waals surface area contributed by atoms with Gasteiger partial charge in [0.05, 0.1) is 29.8 Å². The smallest absolute Gasteiger partial charge is 0.281 e. The average molecular weight is 339 g/mol. The van der Waals surface area contributed by atoms with E-state index in [0.717, 1.165) is 0 Å². The van der Waals surface area contributed by atoms with Crippen molar-refractivity contribution in [3.8, 4) is 11.5 Å². The Hall–Kier alpha value is -2.05. The number of halogens is 1. The maximum atomic E-state index is 11.7. The molecule has 0 aliphatic rings. The molecule has 22 heavy (non-hydrogen) atoms. The SMILES string of the molecule is CCOc1cc(/C=N/NC(=O)c2cccs2)cc(Cl)c1OC. The lowest BCUT2D eigenvalue weighted by Gasteiger charge is -2.11. The minimum absolute atomic E-state index is 0.254. The minimum atomic E-state index is -0.254. The third kappa shape index (κ3) is 3.99. The summed E-state index contributed by atoms with van der Waals surface area (Å²) in [5.41, 5.74) is 3.15. The molecule has 0 radical (unpaired) electrons. The maximum Gasteiger partial charge on any atom is 0.281 e. The average Bonchev–Trinajstić information content (AvgIpc) is 3.01. The van der Waals surface area contributed by atoms with Crippen LogP contribution in [0.1, 0.15) is 22.2 Å². The molecule has 0 spiro atoms. The first-order valence-electron chi connectivity index (χ1n) is 6.53. The molecule has 0 atom stereocenters. The lowest BCUT2D eigenvalue weighted by molar-refractivity contribution is 0.0959. The number of benzene rings is 1. The van der Waals surface area contributed by atoms with E-state index in [4.69, 9.17) is 21.1 Å². The minimum Gasteiger partial charge on any atom is -0.491 e. The van der Waals surface area contributed by atoms with Gasteiger partial charge >= 0.3 is 0 Å². The quantitative estimate of drug-likeness (QED) is 0.647. The summed E-state index contributed by atoms with van der Waals surface area (Å²) >= 11 is 7.49. The van der Waals surface area contributed by atoms with Crippen LogP contribution in [0.15, 0.2) is 34.7 Å². The molecule has 2 rings (SSSR count). The van der Waals surface area contributed by atoms with E-state index >= 15 is 0 Å². The number of hydrogen-bond donors (Lipinski definition) is 1. The zero-order valence-corrected chi connectivity index (χ0v) is 13.7. The number of nitrogens with one attached hydrogen (secondary N) is 1. The Balaban J connectivity index is 2.12. The third-order valence-electron chi connectivity index (χ3n) is 2.66. The summed E-state index contributed by atoms with van der Waals surface area (Å²) in [5.74, 6) is 0.753. The van der Waals surface area contributed by atoms with Gasteiger partial charge in [-0.05, 0) is 36.1 Å². The Kier molecular flexibility index (Phi) is 5.80. The molecule has 0 aliphatic carbocycles. The molecule has 2 aromatic rings. The molecule has 7 heteroatoms. The van der Waals surface area contributed by atoms with Crippen LogP contribution in [-0.4, -0.2) is 25.8 Å². The highest BCUT2D eigenvalue weighted by Gasteiger charge is 2.11. The van der Waals surface area contributed by atoms with Crippen LogP contribution in [0.25, 0.3) is 0 Å². The molecular formula is C15H15ClN2O3S. The Morgan fingerprint density at radius 2 is 2.32 bits per heavy atom. The van der Waals surface area contributed by atoms with Crippen LogP contribution in [-0.2, 0) is 0 Å². The van der Waals surface area contributed by atoms with Crippen LogP contribution in [0.4, 0.5) is 0 Å². The van der Waals surface area contributed by atoms with Gasteiger partial charge in [0.25, 0.3) is 5.91 Å². The molecule has 5 nitrogen and oxygen atoms in total. The van der Waals surface area contributed by atoms with Crippen molar-refractivity contribution in [1.82, 2.24) is 5.43 Å². The monoisotopic (exact) mass is 338 g/mol. The first kappa shape index (κ1) is 16.3. The van der Waals surface area contributed by atoms with E-state index in [0.29, 0.717) is 33.6 Å². The Bertz CT molecular complexity index is 672. The predicted octanol–water partition coefficient (Wildman–Crippen LogP) is 3.57. The summed E-state index contributed by atoms with van der Waals surface area (Å²) in [6.45, 7) is 2.36. The number of thiophene rings is 1. The number of hydrogen-bond acceptors (Lipinski definition) is 5. The summed E-state index contributed by atoms with van der Waals surface area (Å²) in [5, 5.41) is 6.17. The molecule has 1 aromatic carbocycles. The van der Waals surface area contributed by atoms with Gasteiger partial charge in [0.1, 0.15) is 0 Å². The summed E-state index contributed by atoms with van der Waals surface area (Å²) in [6, 6.07) is 6.96. The number of carbonyl (C=O) groups excluding carboxylic acids is 1.